The number of nitrogens with one attached hydrogen (secondary N) is 1. The molecular formula is C10H15F6N2P. The van der Waals surface area contributed by atoms with Crippen LogP contribution in [0, 0.1) is 0 Å². The van der Waals surface area contributed by atoms with Crippen LogP contribution in [0.1, 0.15) is 6.92 Å². The molecule has 1 heterocycles. The summed E-state index contributed by atoms with van der Waals surface area (Å²) >= 11 is 0. The van der Waals surface area contributed by atoms with Crippen LogP contribution < -0.4 is 9.80 Å². The summed E-state index contributed by atoms with van der Waals surface area (Å²) in [5.41, 5.74) is 2.77. The zero-order valence-electron chi connectivity index (χ0n) is 10.5. The Morgan fingerprint density at radius 3 is 1.89 bits per heavy atom. The molecule has 2 rings (SSSR count). The molecule has 0 aromatic heterocycles. The Kier molecular flexibility index (Phi) is 3.37. The van der Waals surface area contributed by atoms with Gasteiger partial charge >= 0.3 is 33.0 Å². The Bertz CT molecular complexity index is 431. The summed E-state index contributed by atoms with van der Waals surface area (Å²) in [4.78, 5) is 3.80. The number of hydrogen-bond acceptors (Lipinski definition) is 1. The van der Waals surface area contributed by atoms with Gasteiger partial charge in [-0.1, -0.05) is 12.1 Å². The van der Waals surface area contributed by atoms with E-state index in [1.54, 1.807) is 0 Å². The summed E-state index contributed by atoms with van der Waals surface area (Å²) in [5, 5.41) is 0. The molecule has 2 nitrogen and oxygen atoms in total. The third-order valence-corrected chi connectivity index (χ3v) is 2.92. The fourth-order valence-electron chi connectivity index (χ4n) is 1.84. The van der Waals surface area contributed by atoms with Gasteiger partial charge in [0.2, 0.25) is 0 Å². The van der Waals surface area contributed by atoms with E-state index < -0.39 is 7.81 Å². The first-order chi connectivity index (χ1) is 8.16. The second-order valence-electron chi connectivity index (χ2n) is 4.45. The quantitative estimate of drug-likeness (QED) is 0.562. The first-order valence-electron chi connectivity index (χ1n) is 5.39. The molecule has 0 bridgehead atoms. The minimum absolute atomic E-state index is 0.558. The molecule has 1 aliphatic rings. The van der Waals surface area contributed by atoms with Crippen molar-refractivity contribution in [1.82, 2.24) is 0 Å². The van der Waals surface area contributed by atoms with Crippen molar-refractivity contribution in [1.29, 1.82) is 0 Å². The van der Waals surface area contributed by atoms with Gasteiger partial charge in [0.05, 0.1) is 7.05 Å². The van der Waals surface area contributed by atoms with Crippen LogP contribution in [-0.4, -0.2) is 20.3 Å². The Balaban J connectivity index is 0.000000224. The van der Waals surface area contributed by atoms with E-state index in [2.05, 4.69) is 50.2 Å². The maximum absolute atomic E-state index is 10.7. The van der Waals surface area contributed by atoms with Gasteiger partial charge in [0, 0.05) is 20.0 Å². The van der Waals surface area contributed by atoms with Crippen molar-refractivity contribution >= 4 is 19.2 Å². The number of halogens is 6. The molecule has 0 aliphatic carbocycles. The van der Waals surface area contributed by atoms with Crippen molar-refractivity contribution in [2.45, 2.75) is 13.1 Å². The topological polar surface area (TPSA) is 7.68 Å². The van der Waals surface area contributed by atoms with Crippen molar-refractivity contribution in [3.05, 3.63) is 24.3 Å². The van der Waals surface area contributed by atoms with E-state index in [0.717, 1.165) is 0 Å². The molecule has 0 fully saturated rings. The van der Waals surface area contributed by atoms with Crippen LogP contribution in [-0.2, 0) is 0 Å². The number of benzene rings is 1. The number of hydrogen-bond donors (Lipinski definition) is 1. The molecule has 0 amide bonds. The van der Waals surface area contributed by atoms with Crippen LogP contribution in [0.15, 0.2) is 24.3 Å². The monoisotopic (exact) mass is 308 g/mol. The molecule has 2 atom stereocenters. The van der Waals surface area contributed by atoms with Crippen molar-refractivity contribution in [2.24, 2.45) is 0 Å². The molecule has 1 aromatic carbocycles. The Morgan fingerprint density at radius 1 is 1.05 bits per heavy atom. The van der Waals surface area contributed by atoms with Gasteiger partial charge in [-0.15, -0.1) is 0 Å². The van der Waals surface area contributed by atoms with Gasteiger partial charge in [-0.2, -0.15) is 0 Å². The fraction of sp³-hybridized carbons (Fsp3) is 0.400. The van der Waals surface area contributed by atoms with Crippen LogP contribution >= 0.6 is 7.81 Å². The normalized spacial score (nSPS) is 25.8. The number of fused-ring (bicyclic) bond motifs is 1. The van der Waals surface area contributed by atoms with E-state index >= 15 is 0 Å². The number of nitrogens with zero attached hydrogens (tertiary/aromatic N) is 1. The van der Waals surface area contributed by atoms with Crippen molar-refractivity contribution in [3.63, 3.8) is 0 Å². The maximum atomic E-state index is 9.87. The second kappa shape index (κ2) is 3.99. The predicted molar refractivity (Wildman–Crippen MR) is 64.4 cm³/mol. The number of rotatable bonds is 0. The molecule has 0 saturated heterocycles. The zero-order chi connectivity index (χ0) is 15.1. The van der Waals surface area contributed by atoms with E-state index in [1.165, 1.54) is 16.3 Å². The van der Waals surface area contributed by atoms with Gasteiger partial charge in [0.15, 0.2) is 11.9 Å². The fourth-order valence-corrected chi connectivity index (χ4v) is 1.84. The Morgan fingerprint density at radius 2 is 1.47 bits per heavy atom. The van der Waals surface area contributed by atoms with Crippen molar-refractivity contribution in [2.75, 3.05) is 19.0 Å². The molecule has 9 heteroatoms. The second-order valence-corrected chi connectivity index (χ2v) is 6.36. The third-order valence-electron chi connectivity index (χ3n) is 2.92. The van der Waals surface area contributed by atoms with Crippen LogP contribution in [0.25, 0.3) is 0 Å². The van der Waals surface area contributed by atoms with Gasteiger partial charge in [-0.05, 0) is 6.07 Å². The first-order valence-corrected chi connectivity index (χ1v) is 7.41. The molecule has 0 saturated carbocycles. The van der Waals surface area contributed by atoms with Crippen LogP contribution in [0.2, 0.25) is 0 Å². The Labute approximate surface area is 106 Å². The standard InChI is InChI=1S/C10H14N2.F6P/c1-8-11(2)9-6-4-5-7-10(9)12(8)3;1-7(2,3,4,5)6/h4-8H,1-3H3;/q;-1/p+1. The van der Waals surface area contributed by atoms with E-state index in [1.807, 2.05) is 0 Å². The van der Waals surface area contributed by atoms with E-state index in [-0.39, 0.29) is 0 Å². The predicted octanol–water partition coefficient (Wildman–Crippen LogP) is 4.01. The molecule has 1 aromatic rings. The summed E-state index contributed by atoms with van der Waals surface area (Å²) in [7, 11) is -6.29. The van der Waals surface area contributed by atoms with E-state index in [9.17, 15) is 25.2 Å². The van der Waals surface area contributed by atoms with Gasteiger partial charge in [0.1, 0.15) is 5.69 Å². The van der Waals surface area contributed by atoms with Crippen LogP contribution in [0.3, 0.4) is 0 Å². The summed E-state index contributed by atoms with van der Waals surface area (Å²) < 4.78 is 59.2. The molecule has 19 heavy (non-hydrogen) atoms. The van der Waals surface area contributed by atoms with Crippen molar-refractivity contribution < 1.29 is 30.1 Å². The number of anilines is 1. The zero-order valence-corrected chi connectivity index (χ0v) is 11.4. The summed E-state index contributed by atoms with van der Waals surface area (Å²) in [5.74, 6) is 0. The van der Waals surface area contributed by atoms with Crippen LogP contribution in [0.5, 0.6) is 0 Å². The van der Waals surface area contributed by atoms with E-state index in [4.69, 9.17) is 0 Å². The molecule has 0 spiro atoms. The molecular weight excluding hydrogens is 293 g/mol. The van der Waals surface area contributed by atoms with Crippen molar-refractivity contribution in [3.8, 4) is 0 Å². The van der Waals surface area contributed by atoms with Gasteiger partial charge in [0.25, 0.3) is 0 Å². The summed E-state index contributed by atoms with van der Waals surface area (Å²) in [6.45, 7) is 2.25. The molecule has 1 N–H and O–H groups in total. The third kappa shape index (κ3) is 5.65. The average Bonchev–Trinajstić information content (AvgIpc) is 2.40. The number of quaternary nitrogens is 1. The van der Waals surface area contributed by atoms with E-state index in [0.29, 0.717) is 6.17 Å². The molecule has 1 aliphatic heterocycles. The Hall–Kier alpha value is -1.01. The van der Waals surface area contributed by atoms with Gasteiger partial charge < -0.3 is 4.90 Å². The molecule has 112 valence electrons. The summed E-state index contributed by atoms with van der Waals surface area (Å²) in [6, 6.07) is 8.59. The van der Waals surface area contributed by atoms with Gasteiger partial charge in [-0.25, -0.2) is 0 Å². The first kappa shape index (κ1) is 16.0. The van der Waals surface area contributed by atoms with Crippen LogP contribution in [0.4, 0.5) is 36.6 Å². The minimum atomic E-state index is -10.7. The molecule has 2 unspecified atom stereocenters. The van der Waals surface area contributed by atoms with Gasteiger partial charge in [-0.3, -0.25) is 4.90 Å². The number of para-hydroxylation sites is 2. The summed E-state index contributed by atoms with van der Waals surface area (Å²) in [6.07, 6.45) is 0.558. The average molecular weight is 308 g/mol. The molecule has 0 radical (unpaired) electrons. The SMILES string of the molecule is CC1N(C)c2ccccc2[NH+]1C.F[P-](F)(F)(F)(F)F.